The molecule has 1 aromatic heterocycles. The van der Waals surface area contributed by atoms with Crippen LogP contribution in [0.4, 0.5) is 9.59 Å². The maximum Gasteiger partial charge on any atom is 0.410 e. The van der Waals surface area contributed by atoms with Gasteiger partial charge in [-0.2, -0.15) is 0 Å². The largest absolute Gasteiger partial charge is 0.445 e. The molecule has 2 saturated heterocycles. The van der Waals surface area contributed by atoms with E-state index >= 15 is 0 Å². The Kier molecular flexibility index (Phi) is 9.02. The van der Waals surface area contributed by atoms with Crippen molar-refractivity contribution in [2.24, 2.45) is 5.41 Å². The number of nitrogens with zero attached hydrogens (tertiary/aromatic N) is 3. The first-order valence-corrected chi connectivity index (χ1v) is 16.0. The van der Waals surface area contributed by atoms with Crippen molar-refractivity contribution in [1.82, 2.24) is 20.1 Å². The molecule has 2 aromatic carbocycles. The summed E-state index contributed by atoms with van der Waals surface area (Å²) < 4.78 is 11.3. The van der Waals surface area contributed by atoms with Gasteiger partial charge in [-0.1, -0.05) is 81.4 Å². The lowest BCUT2D eigenvalue weighted by Gasteiger charge is -2.37. The minimum absolute atomic E-state index is 0.169. The summed E-state index contributed by atoms with van der Waals surface area (Å²) in [5.74, 6) is -0.402. The summed E-state index contributed by atoms with van der Waals surface area (Å²) in [6, 6.07) is 18.2. The van der Waals surface area contributed by atoms with Crippen LogP contribution in [0.1, 0.15) is 64.5 Å². The molecule has 44 heavy (non-hydrogen) atoms. The van der Waals surface area contributed by atoms with Crippen LogP contribution in [0.5, 0.6) is 0 Å². The molecule has 0 saturated carbocycles. The lowest BCUT2D eigenvalue weighted by molar-refractivity contribution is -0.137. The summed E-state index contributed by atoms with van der Waals surface area (Å²) in [5, 5.41) is 5.74. The zero-order chi connectivity index (χ0) is 31.6. The van der Waals surface area contributed by atoms with Gasteiger partial charge in [0.1, 0.15) is 23.3 Å². The van der Waals surface area contributed by atoms with E-state index in [1.807, 2.05) is 91.7 Å². The second kappa shape index (κ2) is 12.6. The fraction of sp³-hybridized carbons (Fsp3) is 0.471. The molecule has 3 amide bonds. The summed E-state index contributed by atoms with van der Waals surface area (Å²) in [7, 11) is 0. The molecule has 5 rings (SSSR count). The van der Waals surface area contributed by atoms with Gasteiger partial charge in [-0.05, 0) is 38.2 Å². The van der Waals surface area contributed by atoms with Gasteiger partial charge in [0.15, 0.2) is 0 Å². The highest BCUT2D eigenvalue weighted by Crippen LogP contribution is 2.43. The molecule has 2 fully saturated rings. The van der Waals surface area contributed by atoms with E-state index in [9.17, 15) is 14.4 Å². The fourth-order valence-electron chi connectivity index (χ4n) is 6.01. The van der Waals surface area contributed by atoms with E-state index in [0.717, 1.165) is 21.8 Å². The van der Waals surface area contributed by atoms with Crippen LogP contribution in [0.3, 0.4) is 0 Å². The number of alkyl carbamates (subject to hydrolysis) is 1. The third-order valence-electron chi connectivity index (χ3n) is 8.03. The summed E-state index contributed by atoms with van der Waals surface area (Å²) in [4.78, 5) is 49.3. The summed E-state index contributed by atoms with van der Waals surface area (Å²) in [6.07, 6.45) is -0.434. The molecule has 0 aliphatic carbocycles. The quantitative estimate of drug-likeness (QED) is 0.341. The molecule has 1 N–H and O–H groups in total. The van der Waals surface area contributed by atoms with Crippen LogP contribution in [0.15, 0.2) is 66.0 Å². The van der Waals surface area contributed by atoms with Crippen molar-refractivity contribution in [2.75, 3.05) is 13.1 Å². The van der Waals surface area contributed by atoms with Crippen molar-refractivity contribution in [3.63, 3.8) is 0 Å². The zero-order valence-corrected chi connectivity index (χ0v) is 27.1. The van der Waals surface area contributed by atoms with Gasteiger partial charge in [0.05, 0.1) is 23.7 Å². The third kappa shape index (κ3) is 7.07. The van der Waals surface area contributed by atoms with Crippen molar-refractivity contribution >= 4 is 29.4 Å². The van der Waals surface area contributed by atoms with Gasteiger partial charge in [-0.3, -0.25) is 4.79 Å². The number of aromatic nitrogens is 1. The highest BCUT2D eigenvalue weighted by atomic mass is 32.1. The Hall–Kier alpha value is -3.92. The standard InChI is InChI=1S/C34H42N4O5S/c1-33(2,3)28(36-31(40)43-34(4,5)6)30(39)37-18-17-26-27(37)24(29-35-25(21-44-29)23-15-11-8-12-16-23)19-38(26)32(41)42-20-22-13-9-7-10-14-22/h7-16,21,24,26-28H,17-20H2,1-6H3,(H,36,40)/t24-,26+,27+,28+/m0/s1. The molecule has 0 unspecified atom stereocenters. The molecule has 0 radical (unpaired) electrons. The van der Waals surface area contributed by atoms with Gasteiger partial charge >= 0.3 is 12.2 Å². The smallest absolute Gasteiger partial charge is 0.410 e. The Balaban J connectivity index is 1.43. The molecular formula is C34H42N4O5S. The number of hydrogen-bond acceptors (Lipinski definition) is 7. The van der Waals surface area contributed by atoms with Crippen LogP contribution in [-0.4, -0.2) is 69.7 Å². The van der Waals surface area contributed by atoms with E-state index in [1.54, 1.807) is 37.0 Å². The van der Waals surface area contributed by atoms with Crippen molar-refractivity contribution in [3.8, 4) is 11.3 Å². The first kappa shape index (κ1) is 31.5. The van der Waals surface area contributed by atoms with Gasteiger partial charge in [0, 0.05) is 24.0 Å². The molecular weight excluding hydrogens is 576 g/mol. The molecule has 3 heterocycles. The minimum atomic E-state index is -0.827. The molecule has 4 atom stereocenters. The Morgan fingerprint density at radius 2 is 1.64 bits per heavy atom. The number of nitrogens with one attached hydrogen (secondary N) is 1. The molecule has 0 spiro atoms. The van der Waals surface area contributed by atoms with Crippen LogP contribution in [0.25, 0.3) is 11.3 Å². The number of ether oxygens (including phenoxy) is 2. The van der Waals surface area contributed by atoms with Crippen molar-refractivity contribution < 1.29 is 23.9 Å². The number of benzene rings is 2. The van der Waals surface area contributed by atoms with Crippen molar-refractivity contribution in [2.45, 2.75) is 84.2 Å². The Morgan fingerprint density at radius 1 is 0.977 bits per heavy atom. The molecule has 2 aliphatic heterocycles. The number of rotatable bonds is 6. The molecule has 3 aromatic rings. The summed E-state index contributed by atoms with van der Waals surface area (Å²) in [5.41, 5.74) is 1.49. The van der Waals surface area contributed by atoms with Crippen LogP contribution in [0, 0.1) is 5.41 Å². The Morgan fingerprint density at radius 3 is 2.27 bits per heavy atom. The van der Waals surface area contributed by atoms with Gasteiger partial charge in [-0.15, -0.1) is 11.3 Å². The SMILES string of the molecule is CC(C)(C)OC(=O)N[C@H](C(=O)N1CC[C@@H]2[C@H]1[C@@H](c1nc(-c3ccccc3)cs1)CN2C(=O)OCc1ccccc1)C(C)(C)C. The average Bonchev–Trinajstić information content (AvgIpc) is 3.70. The molecule has 10 heteroatoms. The molecule has 2 aliphatic rings. The molecule has 0 bridgehead atoms. The van der Waals surface area contributed by atoms with Gasteiger partial charge in [-0.25, -0.2) is 14.6 Å². The van der Waals surface area contributed by atoms with Gasteiger partial charge in [0.2, 0.25) is 5.91 Å². The van der Waals surface area contributed by atoms with Crippen LogP contribution in [0.2, 0.25) is 0 Å². The van der Waals surface area contributed by atoms with Crippen LogP contribution >= 0.6 is 11.3 Å². The number of likely N-dealkylation sites (tertiary alicyclic amines) is 2. The maximum absolute atomic E-state index is 14.3. The number of thiazole rings is 1. The second-order valence-electron chi connectivity index (χ2n) is 13.6. The number of carbonyl (C=O) groups is 3. The molecule has 9 nitrogen and oxygen atoms in total. The van der Waals surface area contributed by atoms with E-state index in [2.05, 4.69) is 5.32 Å². The van der Waals surface area contributed by atoms with Crippen molar-refractivity contribution in [3.05, 3.63) is 76.6 Å². The van der Waals surface area contributed by atoms with E-state index in [0.29, 0.717) is 19.5 Å². The number of carbonyl (C=O) groups excluding carboxylic acids is 3. The number of amides is 3. The minimum Gasteiger partial charge on any atom is -0.445 e. The normalized spacial score (nSPS) is 20.6. The van der Waals surface area contributed by atoms with Gasteiger partial charge < -0.3 is 24.6 Å². The molecule has 234 valence electrons. The number of fused-ring (bicyclic) bond motifs is 1. The van der Waals surface area contributed by atoms with E-state index in [4.69, 9.17) is 14.5 Å². The topological polar surface area (TPSA) is 101 Å². The van der Waals surface area contributed by atoms with Crippen LogP contribution < -0.4 is 5.32 Å². The highest BCUT2D eigenvalue weighted by Gasteiger charge is 2.55. The van der Waals surface area contributed by atoms with E-state index in [-0.39, 0.29) is 30.5 Å². The number of hydrogen-bond donors (Lipinski definition) is 1. The Labute approximate surface area is 263 Å². The fourth-order valence-corrected chi connectivity index (χ4v) is 6.97. The predicted molar refractivity (Wildman–Crippen MR) is 170 cm³/mol. The second-order valence-corrected chi connectivity index (χ2v) is 14.4. The Bertz CT molecular complexity index is 1460. The van der Waals surface area contributed by atoms with E-state index in [1.165, 1.54) is 0 Å². The van der Waals surface area contributed by atoms with E-state index < -0.39 is 29.2 Å². The maximum atomic E-state index is 14.3. The lowest BCUT2D eigenvalue weighted by atomic mass is 9.85. The average molecular weight is 619 g/mol. The zero-order valence-electron chi connectivity index (χ0n) is 26.3. The third-order valence-corrected chi connectivity index (χ3v) is 9.01. The first-order chi connectivity index (χ1) is 20.8. The summed E-state index contributed by atoms with van der Waals surface area (Å²) >= 11 is 1.54. The predicted octanol–water partition coefficient (Wildman–Crippen LogP) is 6.46. The first-order valence-electron chi connectivity index (χ1n) is 15.1. The van der Waals surface area contributed by atoms with Crippen molar-refractivity contribution in [1.29, 1.82) is 0 Å². The van der Waals surface area contributed by atoms with Gasteiger partial charge in [0.25, 0.3) is 0 Å². The van der Waals surface area contributed by atoms with Crippen LogP contribution in [-0.2, 0) is 20.9 Å². The lowest BCUT2D eigenvalue weighted by Crippen LogP contribution is -2.57. The highest BCUT2D eigenvalue weighted by molar-refractivity contribution is 7.10. The monoisotopic (exact) mass is 618 g/mol. The summed E-state index contributed by atoms with van der Waals surface area (Å²) in [6.45, 7) is 12.1.